The van der Waals surface area contributed by atoms with Crippen molar-refractivity contribution in [1.29, 1.82) is 0 Å². The Balaban J connectivity index is 1.49. The minimum atomic E-state index is -4.58. The molecule has 1 aliphatic rings. The van der Waals surface area contributed by atoms with E-state index in [4.69, 9.17) is 0 Å². The zero-order valence-electron chi connectivity index (χ0n) is 12.7. The van der Waals surface area contributed by atoms with Crippen LogP contribution in [0.2, 0.25) is 0 Å². The van der Waals surface area contributed by atoms with Gasteiger partial charge in [0.1, 0.15) is 11.8 Å². The SMILES string of the molecule is O=c1ccc(C(F)(F)F)nn1CC1CN(c2ncnc3nc[nH]c23)C1. The van der Waals surface area contributed by atoms with E-state index in [1.165, 1.54) is 12.7 Å². The third-order valence-corrected chi connectivity index (χ3v) is 4.05. The predicted molar refractivity (Wildman–Crippen MR) is 80.9 cm³/mol. The van der Waals surface area contributed by atoms with Gasteiger partial charge in [0.15, 0.2) is 17.2 Å². The molecular formula is C14H12F3N7O. The Hall–Kier alpha value is -2.98. The quantitative estimate of drug-likeness (QED) is 0.759. The third kappa shape index (κ3) is 2.81. The molecule has 3 aromatic rings. The van der Waals surface area contributed by atoms with E-state index >= 15 is 0 Å². The Morgan fingerprint density at radius 2 is 2.00 bits per heavy atom. The van der Waals surface area contributed by atoms with E-state index < -0.39 is 17.4 Å². The summed E-state index contributed by atoms with van der Waals surface area (Å²) in [5.41, 5.74) is -0.373. The molecule has 1 saturated heterocycles. The molecule has 11 heteroatoms. The van der Waals surface area contributed by atoms with Crippen LogP contribution in [-0.4, -0.2) is 42.8 Å². The fraction of sp³-hybridized carbons (Fsp3) is 0.357. The van der Waals surface area contributed by atoms with Crippen LogP contribution < -0.4 is 10.5 Å². The molecule has 0 spiro atoms. The second-order valence-corrected chi connectivity index (χ2v) is 5.81. The lowest BCUT2D eigenvalue weighted by atomic mass is 10.0. The maximum Gasteiger partial charge on any atom is 0.435 e. The molecule has 0 aliphatic carbocycles. The Bertz CT molecular complexity index is 974. The molecule has 1 N–H and O–H groups in total. The van der Waals surface area contributed by atoms with Gasteiger partial charge in [0.05, 0.1) is 12.9 Å². The van der Waals surface area contributed by atoms with Gasteiger partial charge in [-0.3, -0.25) is 4.79 Å². The lowest BCUT2D eigenvalue weighted by Crippen LogP contribution is -2.50. The van der Waals surface area contributed by atoms with Gasteiger partial charge in [-0.15, -0.1) is 0 Å². The molecule has 1 aliphatic heterocycles. The monoisotopic (exact) mass is 351 g/mol. The number of imidazole rings is 1. The second kappa shape index (κ2) is 5.53. The van der Waals surface area contributed by atoms with Crippen LogP contribution in [0.3, 0.4) is 0 Å². The molecule has 0 aromatic carbocycles. The highest BCUT2D eigenvalue weighted by Crippen LogP contribution is 2.28. The summed E-state index contributed by atoms with van der Waals surface area (Å²) in [6.07, 6.45) is -1.65. The summed E-state index contributed by atoms with van der Waals surface area (Å²) in [6, 6.07) is 1.59. The molecule has 1 fully saturated rings. The first-order valence-corrected chi connectivity index (χ1v) is 7.46. The van der Waals surface area contributed by atoms with Gasteiger partial charge in [-0.25, -0.2) is 19.6 Å². The Morgan fingerprint density at radius 3 is 2.76 bits per heavy atom. The van der Waals surface area contributed by atoms with Crippen LogP contribution in [0.15, 0.2) is 29.6 Å². The summed E-state index contributed by atoms with van der Waals surface area (Å²) in [5, 5.41) is 3.42. The summed E-state index contributed by atoms with van der Waals surface area (Å²) < 4.78 is 39.0. The smallest absolute Gasteiger partial charge is 0.354 e. The maximum absolute atomic E-state index is 12.7. The van der Waals surface area contributed by atoms with E-state index in [-0.39, 0.29) is 12.5 Å². The number of aromatic amines is 1. The van der Waals surface area contributed by atoms with Gasteiger partial charge in [0, 0.05) is 25.1 Å². The number of halogens is 3. The van der Waals surface area contributed by atoms with Crippen LogP contribution in [-0.2, 0) is 12.7 Å². The number of aromatic nitrogens is 6. The third-order valence-electron chi connectivity index (χ3n) is 4.05. The lowest BCUT2D eigenvalue weighted by Gasteiger charge is -2.40. The summed E-state index contributed by atoms with van der Waals surface area (Å²) in [7, 11) is 0. The minimum absolute atomic E-state index is 0.00150. The van der Waals surface area contributed by atoms with Gasteiger partial charge in [-0.1, -0.05) is 0 Å². The van der Waals surface area contributed by atoms with Crippen molar-refractivity contribution in [2.45, 2.75) is 12.7 Å². The molecule has 4 heterocycles. The van der Waals surface area contributed by atoms with Crippen molar-refractivity contribution in [2.24, 2.45) is 5.92 Å². The Kier molecular flexibility index (Phi) is 3.44. The molecule has 0 unspecified atom stereocenters. The van der Waals surface area contributed by atoms with Crippen LogP contribution in [0.4, 0.5) is 19.0 Å². The molecule has 0 atom stereocenters. The number of H-pyrrole nitrogens is 1. The number of nitrogens with zero attached hydrogens (tertiary/aromatic N) is 6. The van der Waals surface area contributed by atoms with Crippen molar-refractivity contribution < 1.29 is 13.2 Å². The van der Waals surface area contributed by atoms with Crippen LogP contribution in [0.25, 0.3) is 11.2 Å². The van der Waals surface area contributed by atoms with E-state index in [9.17, 15) is 18.0 Å². The van der Waals surface area contributed by atoms with Gasteiger partial charge in [-0.05, 0) is 6.07 Å². The predicted octanol–water partition coefficient (Wildman–Crippen LogP) is 1.06. The lowest BCUT2D eigenvalue weighted by molar-refractivity contribution is -0.142. The van der Waals surface area contributed by atoms with Crippen molar-refractivity contribution >= 4 is 17.0 Å². The summed E-state index contributed by atoms with van der Waals surface area (Å²) in [5.74, 6) is 0.685. The zero-order chi connectivity index (χ0) is 17.6. The van der Waals surface area contributed by atoms with Gasteiger partial charge in [0.25, 0.3) is 5.56 Å². The maximum atomic E-state index is 12.7. The van der Waals surface area contributed by atoms with Crippen molar-refractivity contribution in [3.8, 4) is 0 Å². The van der Waals surface area contributed by atoms with Crippen LogP contribution in [0, 0.1) is 5.92 Å². The highest BCUT2D eigenvalue weighted by Gasteiger charge is 2.34. The summed E-state index contributed by atoms with van der Waals surface area (Å²) >= 11 is 0. The molecule has 0 bridgehead atoms. The molecule has 3 aromatic heterocycles. The number of rotatable bonds is 3. The number of alkyl halides is 3. The van der Waals surface area contributed by atoms with Crippen molar-refractivity contribution in [2.75, 3.05) is 18.0 Å². The first-order chi connectivity index (χ1) is 11.9. The molecule has 0 radical (unpaired) electrons. The van der Waals surface area contributed by atoms with Crippen molar-refractivity contribution in [1.82, 2.24) is 29.7 Å². The number of hydrogen-bond donors (Lipinski definition) is 1. The molecular weight excluding hydrogens is 339 g/mol. The van der Waals surface area contributed by atoms with E-state index in [0.717, 1.165) is 10.7 Å². The average Bonchev–Trinajstić information content (AvgIpc) is 2.99. The van der Waals surface area contributed by atoms with E-state index in [1.54, 1.807) is 0 Å². The summed E-state index contributed by atoms with van der Waals surface area (Å²) in [4.78, 5) is 29.0. The first-order valence-electron chi connectivity index (χ1n) is 7.46. The molecule has 25 heavy (non-hydrogen) atoms. The number of anilines is 1. The fourth-order valence-corrected chi connectivity index (χ4v) is 2.83. The van der Waals surface area contributed by atoms with E-state index in [0.29, 0.717) is 36.1 Å². The van der Waals surface area contributed by atoms with Crippen molar-refractivity contribution in [3.05, 3.63) is 40.8 Å². The van der Waals surface area contributed by atoms with E-state index in [1.807, 2.05) is 4.90 Å². The van der Waals surface area contributed by atoms with Crippen molar-refractivity contribution in [3.63, 3.8) is 0 Å². The molecule has 8 nitrogen and oxygen atoms in total. The number of hydrogen-bond acceptors (Lipinski definition) is 6. The Labute approximate surface area is 138 Å². The number of fused-ring (bicyclic) bond motifs is 1. The largest absolute Gasteiger partial charge is 0.435 e. The van der Waals surface area contributed by atoms with Gasteiger partial charge < -0.3 is 9.88 Å². The number of nitrogens with one attached hydrogen (secondary N) is 1. The van der Waals surface area contributed by atoms with E-state index in [2.05, 4.69) is 25.0 Å². The van der Waals surface area contributed by atoms with Crippen LogP contribution in [0.1, 0.15) is 5.69 Å². The topological polar surface area (TPSA) is 92.6 Å². The molecule has 130 valence electrons. The standard InChI is InChI=1S/C14H12F3N7O/c15-14(16,17)9-1-2-10(25)24(22-9)5-8-3-23(4-8)13-11-12(19-6-18-11)20-7-21-13/h1-2,6-8H,3-5H2,(H,18,19,20,21). The highest BCUT2D eigenvalue weighted by molar-refractivity contribution is 5.83. The zero-order valence-corrected chi connectivity index (χ0v) is 12.7. The van der Waals surface area contributed by atoms with Crippen LogP contribution in [0.5, 0.6) is 0 Å². The van der Waals surface area contributed by atoms with Gasteiger partial charge >= 0.3 is 6.18 Å². The van der Waals surface area contributed by atoms with Gasteiger partial charge in [0.2, 0.25) is 0 Å². The highest BCUT2D eigenvalue weighted by atomic mass is 19.4. The minimum Gasteiger partial charge on any atom is -0.354 e. The summed E-state index contributed by atoms with van der Waals surface area (Å²) in [6.45, 7) is 1.22. The van der Waals surface area contributed by atoms with Gasteiger partial charge in [-0.2, -0.15) is 18.3 Å². The average molecular weight is 351 g/mol. The van der Waals surface area contributed by atoms with Crippen LogP contribution >= 0.6 is 0 Å². The normalized spacial score (nSPS) is 15.6. The fourth-order valence-electron chi connectivity index (χ4n) is 2.83. The molecule has 0 saturated carbocycles. The Morgan fingerprint density at radius 1 is 1.20 bits per heavy atom. The first kappa shape index (κ1) is 15.5. The molecule has 0 amide bonds. The second-order valence-electron chi connectivity index (χ2n) is 5.81. The molecule has 4 rings (SSSR count).